The number of nitrogens with zero attached hydrogens (tertiary/aromatic N) is 1. The van der Waals surface area contributed by atoms with E-state index in [4.69, 9.17) is 25.5 Å². The lowest BCUT2D eigenvalue weighted by Crippen LogP contribution is -2.19. The van der Waals surface area contributed by atoms with E-state index in [0.29, 0.717) is 51.0 Å². The van der Waals surface area contributed by atoms with Crippen LogP contribution in [0.3, 0.4) is 0 Å². The van der Waals surface area contributed by atoms with E-state index in [1.165, 1.54) is 18.4 Å². The fourth-order valence-corrected chi connectivity index (χ4v) is 3.77. The minimum absolute atomic E-state index is 0.425. The maximum Gasteiger partial charge on any atom is 0.325 e. The fourth-order valence-electron chi connectivity index (χ4n) is 2.90. The molecule has 0 saturated heterocycles. The van der Waals surface area contributed by atoms with E-state index in [1.807, 2.05) is 36.6 Å². The molecule has 154 valence electrons. The number of rotatable bonds is 6. The van der Waals surface area contributed by atoms with Gasteiger partial charge in [0.1, 0.15) is 11.4 Å². The van der Waals surface area contributed by atoms with E-state index in [0.717, 1.165) is 5.39 Å². The van der Waals surface area contributed by atoms with Crippen molar-refractivity contribution in [3.05, 3.63) is 52.9 Å². The van der Waals surface area contributed by atoms with E-state index in [1.54, 1.807) is 18.2 Å². The van der Waals surface area contributed by atoms with Crippen LogP contribution in [0.5, 0.6) is 11.5 Å². The molecule has 0 bridgehead atoms. The predicted molar refractivity (Wildman–Crippen MR) is 119 cm³/mol. The fraction of sp³-hybridized carbons (Fsp3) is 0.143. The summed E-state index contributed by atoms with van der Waals surface area (Å²) in [4.78, 5) is 16.8. The van der Waals surface area contributed by atoms with Crippen molar-refractivity contribution in [2.45, 2.75) is 6.92 Å². The highest BCUT2D eigenvalue weighted by Crippen LogP contribution is 2.35. The molecule has 0 atom stereocenters. The summed E-state index contributed by atoms with van der Waals surface area (Å²) in [7, 11) is 1.52. The summed E-state index contributed by atoms with van der Waals surface area (Å²) in [5, 5.41) is 9.06. The number of carbonyl (C=O) groups excluding carboxylic acids is 1. The number of hydrogen-bond donors (Lipinski definition) is 2. The number of para-hydroxylation sites is 1. The number of halogens is 1. The van der Waals surface area contributed by atoms with Gasteiger partial charge in [0.25, 0.3) is 0 Å². The highest BCUT2D eigenvalue weighted by atomic mass is 35.5. The molecule has 7 nitrogen and oxygen atoms in total. The molecule has 2 aromatic heterocycles. The van der Waals surface area contributed by atoms with Crippen molar-refractivity contribution in [2.75, 3.05) is 24.4 Å². The Hall–Kier alpha value is -3.23. The second-order valence-corrected chi connectivity index (χ2v) is 7.47. The van der Waals surface area contributed by atoms with Crippen molar-refractivity contribution < 1.29 is 18.7 Å². The Kier molecular flexibility index (Phi) is 5.78. The van der Waals surface area contributed by atoms with E-state index in [-0.39, 0.29) is 0 Å². The number of furan rings is 1. The monoisotopic (exact) mass is 443 g/mol. The maximum atomic E-state index is 12.4. The van der Waals surface area contributed by atoms with Gasteiger partial charge in [0.05, 0.1) is 19.4 Å². The Morgan fingerprint density at radius 3 is 2.87 bits per heavy atom. The van der Waals surface area contributed by atoms with Gasteiger partial charge in [0.2, 0.25) is 0 Å². The smallest absolute Gasteiger partial charge is 0.325 e. The Balaban J connectivity index is 1.51. The predicted octanol–water partition coefficient (Wildman–Crippen LogP) is 6.26. The van der Waals surface area contributed by atoms with Gasteiger partial charge in [-0.25, -0.2) is 9.78 Å². The number of ether oxygens (including phenoxy) is 2. The van der Waals surface area contributed by atoms with Crippen molar-refractivity contribution in [3.8, 4) is 23.0 Å². The van der Waals surface area contributed by atoms with Crippen molar-refractivity contribution >= 4 is 50.8 Å². The molecule has 0 aliphatic heterocycles. The van der Waals surface area contributed by atoms with Crippen LogP contribution >= 0.6 is 22.9 Å². The van der Waals surface area contributed by atoms with Crippen LogP contribution < -0.4 is 20.1 Å². The van der Waals surface area contributed by atoms with Gasteiger partial charge in [-0.1, -0.05) is 23.7 Å². The number of thiazole rings is 1. The summed E-state index contributed by atoms with van der Waals surface area (Å²) >= 11 is 7.29. The van der Waals surface area contributed by atoms with Crippen LogP contribution in [0, 0.1) is 0 Å². The van der Waals surface area contributed by atoms with Gasteiger partial charge in [-0.15, -0.1) is 11.3 Å². The van der Waals surface area contributed by atoms with Crippen LogP contribution in [-0.4, -0.2) is 24.7 Å². The molecule has 0 aliphatic carbocycles. The van der Waals surface area contributed by atoms with Crippen LogP contribution in [0.2, 0.25) is 5.02 Å². The van der Waals surface area contributed by atoms with Crippen molar-refractivity contribution in [1.82, 2.24) is 4.98 Å². The minimum Gasteiger partial charge on any atom is -0.495 e. The average molecular weight is 444 g/mol. The second-order valence-electron chi connectivity index (χ2n) is 6.18. The molecule has 2 N–H and O–H groups in total. The molecule has 0 spiro atoms. The first-order valence-electron chi connectivity index (χ1n) is 9.10. The van der Waals surface area contributed by atoms with Crippen molar-refractivity contribution in [1.29, 1.82) is 0 Å². The standard InChI is InChI=1S/C21H18ClN3O4S/c1-3-28-17-6-4-5-12-9-18(29-19(12)17)15-11-30-21(24-15)25-20(26)23-14-10-13(22)7-8-16(14)27-2/h4-11H,3H2,1-2H3,(H2,23,24,25,26). The molecule has 2 amide bonds. The SMILES string of the molecule is CCOc1cccc2cc(-c3csc(NC(=O)Nc4cc(Cl)ccc4OC)n3)oc12. The van der Waals surface area contributed by atoms with E-state index < -0.39 is 6.03 Å². The molecule has 0 saturated carbocycles. The van der Waals surface area contributed by atoms with Gasteiger partial charge in [-0.3, -0.25) is 5.32 Å². The van der Waals surface area contributed by atoms with Gasteiger partial charge in [0.15, 0.2) is 22.2 Å². The Labute approximate surface area is 181 Å². The maximum absolute atomic E-state index is 12.4. The lowest BCUT2D eigenvalue weighted by Gasteiger charge is -2.10. The molecule has 2 aromatic carbocycles. The largest absolute Gasteiger partial charge is 0.495 e. The normalized spacial score (nSPS) is 10.8. The van der Waals surface area contributed by atoms with E-state index in [9.17, 15) is 4.79 Å². The zero-order valence-corrected chi connectivity index (χ0v) is 17.8. The number of benzene rings is 2. The number of urea groups is 1. The molecular formula is C21H18ClN3O4S. The Morgan fingerprint density at radius 1 is 1.20 bits per heavy atom. The number of amides is 2. The van der Waals surface area contributed by atoms with Gasteiger partial charge >= 0.3 is 6.03 Å². The molecule has 4 aromatic rings. The summed E-state index contributed by atoms with van der Waals surface area (Å²) in [5.41, 5.74) is 1.75. The molecule has 2 heterocycles. The van der Waals surface area contributed by atoms with Crippen LogP contribution in [0.25, 0.3) is 22.4 Å². The first-order valence-corrected chi connectivity index (χ1v) is 10.4. The van der Waals surface area contributed by atoms with Crippen molar-refractivity contribution in [3.63, 3.8) is 0 Å². The first-order chi connectivity index (χ1) is 14.6. The molecule has 0 radical (unpaired) electrons. The molecular weight excluding hydrogens is 426 g/mol. The number of aromatic nitrogens is 1. The molecule has 0 fully saturated rings. The Morgan fingerprint density at radius 2 is 2.07 bits per heavy atom. The zero-order chi connectivity index (χ0) is 21.1. The number of carbonyl (C=O) groups is 1. The van der Waals surface area contributed by atoms with Crippen molar-refractivity contribution in [2.24, 2.45) is 0 Å². The summed E-state index contributed by atoms with van der Waals surface area (Å²) in [6.45, 7) is 2.47. The lowest BCUT2D eigenvalue weighted by atomic mass is 10.2. The number of hydrogen-bond acceptors (Lipinski definition) is 6. The highest BCUT2D eigenvalue weighted by molar-refractivity contribution is 7.14. The van der Waals surface area contributed by atoms with Crippen LogP contribution in [-0.2, 0) is 0 Å². The summed E-state index contributed by atoms with van der Waals surface area (Å²) in [5.74, 6) is 1.78. The number of anilines is 2. The number of fused-ring (bicyclic) bond motifs is 1. The van der Waals surface area contributed by atoms with Gasteiger partial charge in [0, 0.05) is 15.8 Å². The lowest BCUT2D eigenvalue weighted by molar-refractivity contribution is 0.262. The Bertz CT molecular complexity index is 1200. The number of methoxy groups -OCH3 is 1. The third-order valence-corrected chi connectivity index (χ3v) is 5.19. The van der Waals surface area contributed by atoms with E-state index in [2.05, 4.69) is 15.6 Å². The minimum atomic E-state index is -0.459. The zero-order valence-electron chi connectivity index (χ0n) is 16.2. The molecule has 4 rings (SSSR count). The van der Waals surface area contributed by atoms with Crippen LogP contribution in [0.15, 0.2) is 52.3 Å². The molecule has 30 heavy (non-hydrogen) atoms. The van der Waals surface area contributed by atoms with Crippen LogP contribution in [0.1, 0.15) is 6.92 Å². The van der Waals surface area contributed by atoms with Gasteiger partial charge < -0.3 is 19.2 Å². The number of nitrogens with one attached hydrogen (secondary N) is 2. The quantitative estimate of drug-likeness (QED) is 0.367. The molecule has 0 aliphatic rings. The topological polar surface area (TPSA) is 85.6 Å². The molecule has 0 unspecified atom stereocenters. The van der Waals surface area contributed by atoms with Crippen LogP contribution in [0.4, 0.5) is 15.6 Å². The summed E-state index contributed by atoms with van der Waals surface area (Å²) in [6, 6.07) is 12.1. The summed E-state index contributed by atoms with van der Waals surface area (Å²) in [6.07, 6.45) is 0. The van der Waals surface area contributed by atoms with E-state index >= 15 is 0 Å². The molecule has 9 heteroatoms. The second kappa shape index (κ2) is 8.64. The van der Waals surface area contributed by atoms with Gasteiger partial charge in [-0.05, 0) is 37.3 Å². The summed E-state index contributed by atoms with van der Waals surface area (Å²) < 4.78 is 16.8. The third-order valence-electron chi connectivity index (χ3n) is 4.19. The highest BCUT2D eigenvalue weighted by Gasteiger charge is 2.15. The van der Waals surface area contributed by atoms with Gasteiger partial charge in [-0.2, -0.15) is 0 Å². The average Bonchev–Trinajstić information content (AvgIpc) is 3.35. The first kappa shape index (κ1) is 20.1. The third kappa shape index (κ3) is 4.19.